The summed E-state index contributed by atoms with van der Waals surface area (Å²) in [6, 6.07) is 6.15. The lowest BCUT2D eigenvalue weighted by atomic mass is 10.1. The second-order valence-corrected chi connectivity index (χ2v) is 7.77. The predicted octanol–water partition coefficient (Wildman–Crippen LogP) is 2.35. The number of phenolic OH excluding ortho intramolecular Hbond substituents is 1. The topological polar surface area (TPSA) is 60.9 Å². The van der Waals surface area contributed by atoms with Gasteiger partial charge in [0.05, 0.1) is 5.56 Å². The van der Waals surface area contributed by atoms with Gasteiger partial charge in [-0.1, -0.05) is 19.1 Å². The third-order valence-corrected chi connectivity index (χ3v) is 6.21. The van der Waals surface area contributed by atoms with Crippen LogP contribution in [0.15, 0.2) is 24.3 Å². The molecule has 1 aromatic carbocycles. The van der Waals surface area contributed by atoms with Crippen LogP contribution in [0.5, 0.6) is 5.75 Å². The Morgan fingerprint density at radius 3 is 2.83 bits per heavy atom. The van der Waals surface area contributed by atoms with E-state index in [-0.39, 0.29) is 23.1 Å². The summed E-state index contributed by atoms with van der Waals surface area (Å²) in [7, 11) is 0. The van der Waals surface area contributed by atoms with Crippen molar-refractivity contribution >= 4 is 23.6 Å². The number of nitrogens with zero attached hydrogens (tertiary/aromatic N) is 2. The minimum Gasteiger partial charge on any atom is -0.507 e. The van der Waals surface area contributed by atoms with Gasteiger partial charge in [-0.3, -0.25) is 9.59 Å². The molecule has 0 saturated carbocycles. The maximum absolute atomic E-state index is 13.0. The number of rotatable bonds is 3. The minimum atomic E-state index is -0.391. The summed E-state index contributed by atoms with van der Waals surface area (Å²) in [6.45, 7) is 4.25. The minimum absolute atomic E-state index is 0.0268. The zero-order valence-electron chi connectivity index (χ0n) is 14.0. The Balaban J connectivity index is 1.74. The molecule has 2 fully saturated rings. The van der Waals surface area contributed by atoms with E-state index in [1.54, 1.807) is 23.1 Å². The van der Waals surface area contributed by atoms with Crippen molar-refractivity contribution in [1.29, 1.82) is 0 Å². The highest BCUT2D eigenvalue weighted by atomic mass is 32.2. The Hall–Kier alpha value is -1.69. The molecule has 0 unspecified atom stereocenters. The Kier molecular flexibility index (Phi) is 5.33. The SMILES string of the molecule is CC[C@H]1CN(C(=O)[C@@H]2CCCN2C(=O)c2ccccc2O)CCS1. The maximum Gasteiger partial charge on any atom is 0.258 e. The average Bonchev–Trinajstić information content (AvgIpc) is 3.10. The zero-order chi connectivity index (χ0) is 17.1. The highest BCUT2D eigenvalue weighted by Gasteiger charge is 2.38. The lowest BCUT2D eigenvalue weighted by Crippen LogP contribution is -2.51. The molecule has 130 valence electrons. The van der Waals surface area contributed by atoms with E-state index in [9.17, 15) is 14.7 Å². The summed E-state index contributed by atoms with van der Waals surface area (Å²) in [5.74, 6) is 0.753. The smallest absolute Gasteiger partial charge is 0.258 e. The van der Waals surface area contributed by atoms with Crippen molar-refractivity contribution in [3.8, 4) is 5.75 Å². The molecule has 6 heteroatoms. The van der Waals surface area contributed by atoms with Gasteiger partial charge in [0.1, 0.15) is 11.8 Å². The van der Waals surface area contributed by atoms with Crippen LogP contribution in [0.4, 0.5) is 0 Å². The van der Waals surface area contributed by atoms with Crippen molar-refractivity contribution < 1.29 is 14.7 Å². The first kappa shape index (κ1) is 17.1. The van der Waals surface area contributed by atoms with Gasteiger partial charge in [0.2, 0.25) is 5.91 Å². The molecular formula is C18H24N2O3S. The van der Waals surface area contributed by atoms with E-state index in [1.165, 1.54) is 6.07 Å². The number of hydrogen-bond donors (Lipinski definition) is 1. The molecule has 0 spiro atoms. The normalized spacial score (nSPS) is 24.2. The molecule has 1 N–H and O–H groups in total. The van der Waals surface area contributed by atoms with Crippen LogP contribution in [0.1, 0.15) is 36.5 Å². The van der Waals surface area contributed by atoms with Gasteiger partial charge in [0.15, 0.2) is 0 Å². The van der Waals surface area contributed by atoms with E-state index in [0.717, 1.165) is 31.7 Å². The molecule has 5 nitrogen and oxygen atoms in total. The summed E-state index contributed by atoms with van der Waals surface area (Å²) in [6.07, 6.45) is 2.59. The van der Waals surface area contributed by atoms with Gasteiger partial charge < -0.3 is 14.9 Å². The fourth-order valence-electron chi connectivity index (χ4n) is 3.45. The average molecular weight is 348 g/mol. The van der Waals surface area contributed by atoms with Crippen LogP contribution in [0.3, 0.4) is 0 Å². The first-order valence-corrected chi connectivity index (χ1v) is 9.66. The van der Waals surface area contributed by atoms with Crippen LogP contribution < -0.4 is 0 Å². The van der Waals surface area contributed by atoms with Crippen molar-refractivity contribution in [2.24, 2.45) is 0 Å². The van der Waals surface area contributed by atoms with E-state index >= 15 is 0 Å². The predicted molar refractivity (Wildman–Crippen MR) is 95.3 cm³/mol. The van der Waals surface area contributed by atoms with Crippen molar-refractivity contribution in [3.05, 3.63) is 29.8 Å². The third kappa shape index (κ3) is 3.38. The van der Waals surface area contributed by atoms with E-state index < -0.39 is 6.04 Å². The highest BCUT2D eigenvalue weighted by Crippen LogP contribution is 2.27. The number of carbonyl (C=O) groups is 2. The van der Waals surface area contributed by atoms with Crippen LogP contribution in [-0.2, 0) is 4.79 Å². The van der Waals surface area contributed by atoms with Gasteiger partial charge in [0.25, 0.3) is 5.91 Å². The van der Waals surface area contributed by atoms with Crippen molar-refractivity contribution in [2.75, 3.05) is 25.4 Å². The summed E-state index contributed by atoms with van der Waals surface area (Å²) in [4.78, 5) is 29.3. The Morgan fingerprint density at radius 2 is 2.08 bits per heavy atom. The van der Waals surface area contributed by atoms with E-state index in [1.807, 2.05) is 16.7 Å². The van der Waals surface area contributed by atoms with Gasteiger partial charge in [-0.2, -0.15) is 11.8 Å². The lowest BCUT2D eigenvalue weighted by Gasteiger charge is -2.35. The zero-order valence-corrected chi connectivity index (χ0v) is 14.8. The van der Waals surface area contributed by atoms with Crippen LogP contribution >= 0.6 is 11.8 Å². The maximum atomic E-state index is 13.0. The van der Waals surface area contributed by atoms with Gasteiger partial charge in [-0.25, -0.2) is 0 Å². The first-order valence-electron chi connectivity index (χ1n) is 8.61. The molecule has 0 aromatic heterocycles. The molecule has 2 heterocycles. The number of likely N-dealkylation sites (tertiary alicyclic amines) is 1. The van der Waals surface area contributed by atoms with Gasteiger partial charge in [-0.15, -0.1) is 0 Å². The highest BCUT2D eigenvalue weighted by molar-refractivity contribution is 8.00. The van der Waals surface area contributed by atoms with Gasteiger partial charge in [-0.05, 0) is 31.4 Å². The molecular weight excluding hydrogens is 324 g/mol. The van der Waals surface area contributed by atoms with Gasteiger partial charge >= 0.3 is 0 Å². The fraction of sp³-hybridized carbons (Fsp3) is 0.556. The molecule has 3 rings (SSSR count). The molecule has 0 radical (unpaired) electrons. The molecule has 0 bridgehead atoms. The Bertz CT molecular complexity index is 622. The van der Waals surface area contributed by atoms with E-state index in [4.69, 9.17) is 0 Å². The standard InChI is InChI=1S/C18H24N2O3S/c1-2-13-12-19(10-11-24-13)18(23)15-7-5-9-20(15)17(22)14-6-3-4-8-16(14)21/h3-4,6,8,13,15,21H,2,5,7,9-12H2,1H3/t13-,15-/m0/s1. The molecule has 2 atom stereocenters. The number of aromatic hydroxyl groups is 1. The molecule has 2 aliphatic heterocycles. The number of carbonyl (C=O) groups excluding carboxylic acids is 2. The third-order valence-electron chi connectivity index (χ3n) is 4.84. The Morgan fingerprint density at radius 1 is 1.29 bits per heavy atom. The number of amides is 2. The summed E-state index contributed by atoms with van der Waals surface area (Å²) < 4.78 is 0. The summed E-state index contributed by atoms with van der Waals surface area (Å²) in [5, 5.41) is 10.4. The van der Waals surface area contributed by atoms with Crippen LogP contribution in [0, 0.1) is 0 Å². The number of thioether (sulfide) groups is 1. The molecule has 1 aromatic rings. The molecule has 2 saturated heterocycles. The monoisotopic (exact) mass is 348 g/mol. The van der Waals surface area contributed by atoms with Crippen molar-refractivity contribution in [3.63, 3.8) is 0 Å². The van der Waals surface area contributed by atoms with Crippen LogP contribution in [-0.4, -0.2) is 63.4 Å². The lowest BCUT2D eigenvalue weighted by molar-refractivity contribution is -0.135. The second-order valence-electron chi connectivity index (χ2n) is 6.36. The summed E-state index contributed by atoms with van der Waals surface area (Å²) in [5.41, 5.74) is 0.276. The summed E-state index contributed by atoms with van der Waals surface area (Å²) >= 11 is 1.93. The van der Waals surface area contributed by atoms with E-state index in [0.29, 0.717) is 18.2 Å². The van der Waals surface area contributed by atoms with Crippen molar-refractivity contribution in [2.45, 2.75) is 37.5 Å². The second kappa shape index (κ2) is 7.47. The van der Waals surface area contributed by atoms with Crippen molar-refractivity contribution in [1.82, 2.24) is 9.80 Å². The molecule has 2 aliphatic rings. The number of hydrogen-bond acceptors (Lipinski definition) is 4. The van der Waals surface area contributed by atoms with Gasteiger partial charge in [0, 0.05) is 30.6 Å². The van der Waals surface area contributed by atoms with E-state index in [2.05, 4.69) is 6.92 Å². The number of benzene rings is 1. The van der Waals surface area contributed by atoms with Crippen LogP contribution in [0.2, 0.25) is 0 Å². The fourth-order valence-corrected chi connectivity index (χ4v) is 4.63. The number of phenols is 1. The molecule has 0 aliphatic carbocycles. The largest absolute Gasteiger partial charge is 0.507 e. The molecule has 2 amide bonds. The first-order chi connectivity index (χ1) is 11.6. The van der Waals surface area contributed by atoms with Crippen LogP contribution in [0.25, 0.3) is 0 Å². The Labute approximate surface area is 147 Å². The number of para-hydroxylation sites is 1. The molecule has 24 heavy (non-hydrogen) atoms. The quantitative estimate of drug-likeness (QED) is 0.911.